The van der Waals surface area contributed by atoms with E-state index in [1.165, 1.54) is 11.3 Å². The molecule has 0 spiro atoms. The Kier molecular flexibility index (Phi) is 3.74. The Morgan fingerprint density at radius 1 is 1.35 bits per heavy atom. The number of aliphatic hydroxyl groups is 1. The third-order valence-corrected chi connectivity index (χ3v) is 4.02. The van der Waals surface area contributed by atoms with Crippen molar-refractivity contribution in [3.63, 3.8) is 0 Å². The highest BCUT2D eigenvalue weighted by molar-refractivity contribution is 5.29. The zero-order valence-electron chi connectivity index (χ0n) is 11.7. The van der Waals surface area contributed by atoms with Crippen LogP contribution in [-0.4, -0.2) is 28.4 Å². The minimum atomic E-state index is 0.189. The summed E-state index contributed by atoms with van der Waals surface area (Å²) in [6.07, 6.45) is 5.99. The molecule has 0 radical (unpaired) electrons. The summed E-state index contributed by atoms with van der Waals surface area (Å²) in [5.74, 6) is 1.91. The molecule has 4 heteroatoms. The number of ether oxygens (including phenoxy) is 1. The average Bonchev–Trinajstić information content (AvgIpc) is 2.91. The molecule has 0 saturated heterocycles. The summed E-state index contributed by atoms with van der Waals surface area (Å²) in [6.45, 7) is 0.193. The van der Waals surface area contributed by atoms with E-state index in [0.717, 1.165) is 37.3 Å². The van der Waals surface area contributed by atoms with Crippen LogP contribution >= 0.6 is 0 Å². The Morgan fingerprint density at radius 3 is 2.85 bits per heavy atom. The van der Waals surface area contributed by atoms with Crippen molar-refractivity contribution in [2.45, 2.75) is 31.7 Å². The van der Waals surface area contributed by atoms with Gasteiger partial charge < -0.3 is 14.4 Å². The summed E-state index contributed by atoms with van der Waals surface area (Å²) < 4.78 is 7.41. The Bertz CT molecular complexity index is 575. The summed E-state index contributed by atoms with van der Waals surface area (Å²) in [7, 11) is 1.67. The largest absolute Gasteiger partial charge is 0.497 e. The topological polar surface area (TPSA) is 47.3 Å². The molecule has 0 amide bonds. The van der Waals surface area contributed by atoms with Crippen molar-refractivity contribution in [1.29, 1.82) is 0 Å². The van der Waals surface area contributed by atoms with E-state index < -0.39 is 0 Å². The molecule has 1 aromatic carbocycles. The van der Waals surface area contributed by atoms with Crippen molar-refractivity contribution < 1.29 is 9.84 Å². The molecular weight excluding hydrogens is 252 g/mol. The van der Waals surface area contributed by atoms with Crippen LogP contribution in [0, 0.1) is 0 Å². The molecule has 2 heterocycles. The molecule has 0 aliphatic carbocycles. The van der Waals surface area contributed by atoms with E-state index in [4.69, 9.17) is 4.74 Å². The first kappa shape index (κ1) is 13.2. The Hall–Kier alpha value is -1.81. The van der Waals surface area contributed by atoms with Crippen molar-refractivity contribution in [1.82, 2.24) is 9.55 Å². The van der Waals surface area contributed by atoms with Gasteiger partial charge in [0.15, 0.2) is 0 Å². The van der Waals surface area contributed by atoms with Gasteiger partial charge >= 0.3 is 0 Å². The summed E-state index contributed by atoms with van der Waals surface area (Å²) >= 11 is 0. The van der Waals surface area contributed by atoms with Crippen LogP contribution < -0.4 is 4.74 Å². The van der Waals surface area contributed by atoms with E-state index in [9.17, 15) is 5.11 Å². The number of nitrogens with zero attached hydrogens (tertiary/aromatic N) is 2. The molecule has 1 N–H and O–H groups in total. The van der Waals surface area contributed by atoms with Crippen LogP contribution in [-0.2, 0) is 12.8 Å². The fourth-order valence-electron chi connectivity index (χ4n) is 2.95. The lowest BCUT2D eigenvalue weighted by atomic mass is 10.0. The van der Waals surface area contributed by atoms with Gasteiger partial charge in [-0.05, 0) is 37.0 Å². The number of aryl methyl sites for hydroxylation is 1. The van der Waals surface area contributed by atoms with Crippen LogP contribution in [0.5, 0.6) is 5.75 Å². The zero-order valence-corrected chi connectivity index (χ0v) is 11.7. The van der Waals surface area contributed by atoms with Gasteiger partial charge in [-0.25, -0.2) is 4.98 Å². The third kappa shape index (κ3) is 2.43. The van der Waals surface area contributed by atoms with Gasteiger partial charge in [0.05, 0.1) is 19.8 Å². The van der Waals surface area contributed by atoms with Crippen molar-refractivity contribution in [2.75, 3.05) is 13.7 Å². The van der Waals surface area contributed by atoms with E-state index in [1.807, 2.05) is 18.3 Å². The molecule has 1 atom stereocenters. The minimum absolute atomic E-state index is 0.189. The Labute approximate surface area is 119 Å². The van der Waals surface area contributed by atoms with Gasteiger partial charge in [-0.1, -0.05) is 12.1 Å². The van der Waals surface area contributed by atoms with Crippen LogP contribution in [0.4, 0.5) is 0 Å². The predicted octanol–water partition coefficient (Wildman–Crippen LogP) is 2.35. The van der Waals surface area contributed by atoms with Gasteiger partial charge in [-0.15, -0.1) is 0 Å². The molecule has 2 aromatic rings. The maximum absolute atomic E-state index is 9.55. The third-order valence-electron chi connectivity index (χ3n) is 4.02. The quantitative estimate of drug-likeness (QED) is 0.929. The second-order valence-corrected chi connectivity index (χ2v) is 5.29. The highest BCUT2D eigenvalue weighted by Crippen LogP contribution is 2.27. The van der Waals surface area contributed by atoms with E-state index in [0.29, 0.717) is 0 Å². The SMILES string of the molecule is COc1ccc(Cc2ncc3n2C(CO)CCC3)cc1. The molecule has 3 rings (SSSR count). The Morgan fingerprint density at radius 2 is 2.15 bits per heavy atom. The molecule has 4 nitrogen and oxygen atoms in total. The first-order valence-corrected chi connectivity index (χ1v) is 7.10. The molecule has 1 aromatic heterocycles. The second kappa shape index (κ2) is 5.67. The van der Waals surface area contributed by atoms with E-state index in [2.05, 4.69) is 21.7 Å². The molecule has 0 saturated carbocycles. The number of aromatic nitrogens is 2. The maximum atomic E-state index is 9.55. The normalized spacial score (nSPS) is 17.8. The van der Waals surface area contributed by atoms with Crippen LogP contribution in [0.15, 0.2) is 30.5 Å². The Balaban J connectivity index is 1.85. The fraction of sp³-hybridized carbons (Fsp3) is 0.438. The number of fused-ring (bicyclic) bond motifs is 1. The van der Waals surface area contributed by atoms with Crippen LogP contribution in [0.2, 0.25) is 0 Å². The summed E-state index contributed by atoms with van der Waals surface area (Å²) in [6, 6.07) is 8.27. The first-order valence-electron chi connectivity index (χ1n) is 7.10. The number of aliphatic hydroxyl groups excluding tert-OH is 1. The monoisotopic (exact) mass is 272 g/mol. The lowest BCUT2D eigenvalue weighted by molar-refractivity contribution is 0.204. The molecule has 0 bridgehead atoms. The number of hydrogen-bond acceptors (Lipinski definition) is 3. The smallest absolute Gasteiger partial charge is 0.118 e. The van der Waals surface area contributed by atoms with Crippen LogP contribution in [0.25, 0.3) is 0 Å². The van der Waals surface area contributed by atoms with Gasteiger partial charge in [0.2, 0.25) is 0 Å². The molecular formula is C16H20N2O2. The van der Waals surface area contributed by atoms with Crippen molar-refractivity contribution in [2.24, 2.45) is 0 Å². The first-order chi connectivity index (χ1) is 9.81. The minimum Gasteiger partial charge on any atom is -0.497 e. The van der Waals surface area contributed by atoms with Crippen molar-refractivity contribution >= 4 is 0 Å². The van der Waals surface area contributed by atoms with Gasteiger partial charge in [-0.2, -0.15) is 0 Å². The van der Waals surface area contributed by atoms with E-state index in [-0.39, 0.29) is 12.6 Å². The lowest BCUT2D eigenvalue weighted by Gasteiger charge is -2.25. The highest BCUT2D eigenvalue weighted by Gasteiger charge is 2.22. The number of methoxy groups -OCH3 is 1. The predicted molar refractivity (Wildman–Crippen MR) is 77.1 cm³/mol. The maximum Gasteiger partial charge on any atom is 0.118 e. The number of imidazole rings is 1. The van der Waals surface area contributed by atoms with Crippen LogP contribution in [0.3, 0.4) is 0 Å². The zero-order chi connectivity index (χ0) is 13.9. The highest BCUT2D eigenvalue weighted by atomic mass is 16.5. The molecule has 20 heavy (non-hydrogen) atoms. The average molecular weight is 272 g/mol. The fourth-order valence-corrected chi connectivity index (χ4v) is 2.95. The van der Waals surface area contributed by atoms with Gasteiger partial charge in [0.25, 0.3) is 0 Å². The number of hydrogen-bond donors (Lipinski definition) is 1. The van der Waals surface area contributed by atoms with Gasteiger partial charge in [0, 0.05) is 18.3 Å². The number of benzene rings is 1. The molecule has 1 aliphatic heterocycles. The van der Waals surface area contributed by atoms with Crippen molar-refractivity contribution in [3.8, 4) is 5.75 Å². The lowest BCUT2D eigenvalue weighted by Crippen LogP contribution is -2.22. The summed E-state index contributed by atoms with van der Waals surface area (Å²) in [5.41, 5.74) is 2.46. The van der Waals surface area contributed by atoms with Gasteiger partial charge in [-0.3, -0.25) is 0 Å². The van der Waals surface area contributed by atoms with Crippen molar-refractivity contribution in [3.05, 3.63) is 47.5 Å². The van der Waals surface area contributed by atoms with E-state index in [1.54, 1.807) is 7.11 Å². The molecule has 106 valence electrons. The standard InChI is InChI=1S/C16H20N2O2/c1-20-15-7-5-12(6-8-15)9-16-17-10-13-3-2-4-14(11-19)18(13)16/h5-8,10,14,19H,2-4,9,11H2,1H3. The van der Waals surface area contributed by atoms with E-state index >= 15 is 0 Å². The summed E-state index contributed by atoms with van der Waals surface area (Å²) in [5, 5.41) is 9.55. The summed E-state index contributed by atoms with van der Waals surface area (Å²) in [4.78, 5) is 4.55. The van der Waals surface area contributed by atoms with Crippen LogP contribution in [0.1, 0.15) is 36.0 Å². The molecule has 1 aliphatic rings. The molecule has 0 fully saturated rings. The number of rotatable bonds is 4. The second-order valence-electron chi connectivity index (χ2n) is 5.29. The van der Waals surface area contributed by atoms with Gasteiger partial charge in [0.1, 0.15) is 11.6 Å². The molecule has 1 unspecified atom stereocenters.